The molecule has 0 saturated carbocycles. The molecule has 1 rings (SSSR count). The lowest BCUT2D eigenvalue weighted by molar-refractivity contribution is -0.226. The van der Waals surface area contributed by atoms with Crippen molar-refractivity contribution in [3.8, 4) is 0 Å². The fourth-order valence-electron chi connectivity index (χ4n) is 2.76. The van der Waals surface area contributed by atoms with E-state index in [1.165, 1.54) is 14.0 Å². The molecule has 0 spiro atoms. The minimum Gasteiger partial charge on any atom is -0.390 e. The number of rotatable bonds is 12. The van der Waals surface area contributed by atoms with Gasteiger partial charge in [-0.3, -0.25) is 4.79 Å². The summed E-state index contributed by atoms with van der Waals surface area (Å²) in [5.41, 5.74) is 6.24. The molecule has 0 aliphatic heterocycles. The quantitative estimate of drug-likeness (QED) is 0.241. The van der Waals surface area contributed by atoms with Crippen LogP contribution in [0.15, 0.2) is 30.3 Å². The molecule has 0 bridgehead atoms. The number of nitrogens with two attached hydrogens (primary N) is 1. The van der Waals surface area contributed by atoms with E-state index in [2.05, 4.69) is 5.32 Å². The van der Waals surface area contributed by atoms with E-state index >= 15 is 0 Å². The lowest BCUT2D eigenvalue weighted by Gasteiger charge is -2.31. The highest BCUT2D eigenvalue weighted by Gasteiger charge is 2.35. The molecular weight excluding hydrogens is 368 g/mol. The van der Waals surface area contributed by atoms with E-state index < -0.39 is 42.8 Å². The first-order chi connectivity index (χ1) is 13.1. The molecule has 0 heterocycles. The highest BCUT2D eigenvalue weighted by molar-refractivity contribution is 5.80. The second-order valence-electron chi connectivity index (χ2n) is 6.83. The fraction of sp³-hybridized carbons (Fsp3) is 0.632. The molecule has 0 aromatic heterocycles. The van der Waals surface area contributed by atoms with Crippen molar-refractivity contribution < 1.29 is 34.7 Å². The summed E-state index contributed by atoms with van der Waals surface area (Å²) in [5, 5.41) is 41.9. The van der Waals surface area contributed by atoms with Gasteiger partial charge in [0.15, 0.2) is 6.29 Å². The zero-order chi connectivity index (χ0) is 21.3. The first kappa shape index (κ1) is 24.4. The molecule has 7 N–H and O–H groups in total. The maximum Gasteiger partial charge on any atom is 0.249 e. The van der Waals surface area contributed by atoms with E-state index in [9.17, 15) is 20.1 Å². The van der Waals surface area contributed by atoms with Gasteiger partial charge >= 0.3 is 0 Å². The van der Waals surface area contributed by atoms with Gasteiger partial charge in [-0.05, 0) is 25.8 Å². The number of aliphatic hydroxyl groups excluding tert-OH is 4. The van der Waals surface area contributed by atoms with Crippen molar-refractivity contribution in [2.45, 2.75) is 69.7 Å². The van der Waals surface area contributed by atoms with E-state index in [0.717, 1.165) is 5.56 Å². The number of amides is 1. The maximum atomic E-state index is 12.3. The van der Waals surface area contributed by atoms with E-state index in [0.29, 0.717) is 6.42 Å². The minimum atomic E-state index is -1.69. The summed E-state index contributed by atoms with van der Waals surface area (Å²) in [4.78, 5) is 12.3. The molecule has 0 radical (unpaired) electrons. The highest BCUT2D eigenvalue weighted by Crippen LogP contribution is 2.14. The second-order valence-corrected chi connectivity index (χ2v) is 6.83. The van der Waals surface area contributed by atoms with Crippen LogP contribution in [0.5, 0.6) is 0 Å². The Balaban J connectivity index is 2.55. The number of nitrogens with one attached hydrogen (secondary N) is 1. The van der Waals surface area contributed by atoms with Crippen LogP contribution in [0, 0.1) is 0 Å². The normalized spacial score (nSPS) is 19.1. The van der Waals surface area contributed by atoms with E-state index in [4.69, 9.17) is 20.3 Å². The summed E-state index contributed by atoms with van der Waals surface area (Å²) in [6.45, 7) is 3.30. The second kappa shape index (κ2) is 12.1. The average molecular weight is 400 g/mol. The summed E-state index contributed by atoms with van der Waals surface area (Å²) < 4.78 is 10.2. The van der Waals surface area contributed by atoms with Crippen molar-refractivity contribution in [3.63, 3.8) is 0 Å². The van der Waals surface area contributed by atoms with Gasteiger partial charge in [0.25, 0.3) is 0 Å². The van der Waals surface area contributed by atoms with Crippen molar-refractivity contribution in [3.05, 3.63) is 35.9 Å². The van der Waals surface area contributed by atoms with Gasteiger partial charge in [0.1, 0.15) is 24.5 Å². The zero-order valence-corrected chi connectivity index (χ0v) is 16.4. The van der Waals surface area contributed by atoms with Crippen molar-refractivity contribution in [1.82, 2.24) is 5.32 Å². The maximum absolute atomic E-state index is 12.3. The molecular formula is C19H32N2O7. The molecule has 9 nitrogen and oxygen atoms in total. The van der Waals surface area contributed by atoms with Crippen molar-refractivity contribution >= 4 is 5.91 Å². The molecule has 0 aliphatic rings. The summed E-state index contributed by atoms with van der Waals surface area (Å²) in [5.74, 6) is -0.440. The first-order valence-electron chi connectivity index (χ1n) is 9.16. The summed E-state index contributed by atoms with van der Waals surface area (Å²) in [7, 11) is 1.21. The van der Waals surface area contributed by atoms with Crippen LogP contribution in [0.4, 0.5) is 0 Å². The predicted octanol–water partition coefficient (Wildman–Crippen LogP) is -1.14. The fourth-order valence-corrected chi connectivity index (χ4v) is 2.76. The molecule has 9 heteroatoms. The van der Waals surface area contributed by atoms with Crippen molar-refractivity contribution in [2.24, 2.45) is 5.73 Å². The summed E-state index contributed by atoms with van der Waals surface area (Å²) in [6, 6.07) is 9.51. The number of carbonyl (C=O) groups is 1. The smallest absolute Gasteiger partial charge is 0.249 e. The lowest BCUT2D eigenvalue weighted by atomic mass is 10.0. The molecule has 7 atom stereocenters. The third-order valence-corrected chi connectivity index (χ3v) is 4.25. The van der Waals surface area contributed by atoms with Crippen molar-refractivity contribution in [2.75, 3.05) is 7.11 Å². The third-order valence-electron chi connectivity index (χ3n) is 4.25. The number of methoxy groups -OCH3 is 1. The molecule has 0 fully saturated rings. The number of benzene rings is 1. The van der Waals surface area contributed by atoms with Crippen LogP contribution < -0.4 is 11.1 Å². The SMILES string of the molecule is COC(C(O)OC(C)C(=O)NC(C)Cc1ccccc1)C(O)C(O)CC(N)O. The van der Waals surface area contributed by atoms with Gasteiger partial charge in [-0.2, -0.15) is 0 Å². The molecule has 7 unspecified atom stereocenters. The monoisotopic (exact) mass is 400 g/mol. The van der Waals surface area contributed by atoms with Gasteiger partial charge in [0.05, 0.1) is 6.10 Å². The van der Waals surface area contributed by atoms with Crippen LogP contribution in [-0.2, 0) is 20.7 Å². The summed E-state index contributed by atoms with van der Waals surface area (Å²) in [6.07, 6.45) is -8.11. The standard InChI is InChI=1S/C19H32N2O7/c1-11(9-13-7-5-4-6-8-13)21-18(25)12(2)28-19(26)17(27-3)16(24)14(22)10-15(20)23/h4-8,11-12,14-17,19,22-24,26H,9-10,20H2,1-3H3,(H,21,25). The minimum absolute atomic E-state index is 0.158. The zero-order valence-electron chi connectivity index (χ0n) is 16.4. The molecule has 160 valence electrons. The Morgan fingerprint density at radius 3 is 2.29 bits per heavy atom. The van der Waals surface area contributed by atoms with Crippen molar-refractivity contribution in [1.29, 1.82) is 0 Å². The predicted molar refractivity (Wildman–Crippen MR) is 102 cm³/mol. The molecule has 1 aromatic carbocycles. The number of carbonyl (C=O) groups excluding carboxylic acids is 1. The largest absolute Gasteiger partial charge is 0.390 e. The Morgan fingerprint density at radius 2 is 1.75 bits per heavy atom. The Bertz CT molecular complexity index is 573. The molecule has 28 heavy (non-hydrogen) atoms. The van der Waals surface area contributed by atoms with Crippen LogP contribution in [-0.4, -0.2) is 76.4 Å². The van der Waals surface area contributed by atoms with Crippen LogP contribution in [0.25, 0.3) is 0 Å². The van der Waals surface area contributed by atoms with E-state index in [-0.39, 0.29) is 12.5 Å². The molecule has 1 amide bonds. The number of hydrogen-bond donors (Lipinski definition) is 6. The topological polar surface area (TPSA) is 154 Å². The van der Waals surface area contributed by atoms with Gasteiger partial charge in [-0.1, -0.05) is 30.3 Å². The number of ether oxygens (including phenoxy) is 2. The molecule has 1 aromatic rings. The molecule has 0 aliphatic carbocycles. The summed E-state index contributed by atoms with van der Waals surface area (Å²) >= 11 is 0. The van der Waals surface area contributed by atoms with Crippen LogP contribution in [0.1, 0.15) is 25.8 Å². The van der Waals surface area contributed by atoms with Gasteiger partial charge in [-0.25, -0.2) is 0 Å². The van der Waals surface area contributed by atoms with Gasteiger partial charge in [0.2, 0.25) is 5.91 Å². The Hall–Kier alpha value is -1.59. The lowest BCUT2D eigenvalue weighted by Crippen LogP contribution is -2.50. The van der Waals surface area contributed by atoms with Gasteiger partial charge in [-0.15, -0.1) is 0 Å². The van der Waals surface area contributed by atoms with Gasteiger partial charge < -0.3 is 41.0 Å². The van der Waals surface area contributed by atoms with Crippen LogP contribution in [0.2, 0.25) is 0 Å². The highest BCUT2D eigenvalue weighted by atomic mass is 16.6. The molecule has 0 saturated heterocycles. The van der Waals surface area contributed by atoms with Crippen LogP contribution in [0.3, 0.4) is 0 Å². The Labute approximate surface area is 165 Å². The third kappa shape index (κ3) is 8.19. The first-order valence-corrected chi connectivity index (χ1v) is 9.16. The van der Waals surface area contributed by atoms with Gasteiger partial charge in [0, 0.05) is 19.6 Å². The van der Waals surface area contributed by atoms with E-state index in [1.807, 2.05) is 37.3 Å². The van der Waals surface area contributed by atoms with E-state index in [1.54, 1.807) is 0 Å². The Kier molecular flexibility index (Phi) is 10.5. The number of hydrogen-bond acceptors (Lipinski definition) is 8. The van der Waals surface area contributed by atoms with Crippen LogP contribution >= 0.6 is 0 Å². The Morgan fingerprint density at radius 1 is 1.14 bits per heavy atom. The number of aliphatic hydroxyl groups is 4. The average Bonchev–Trinajstić information content (AvgIpc) is 2.62.